The number of ether oxygens (including phenoxy) is 1. The van der Waals surface area contributed by atoms with E-state index < -0.39 is 0 Å². The summed E-state index contributed by atoms with van der Waals surface area (Å²) < 4.78 is 5.40. The zero-order valence-electron chi connectivity index (χ0n) is 16.0. The fourth-order valence-corrected chi connectivity index (χ4v) is 3.40. The third-order valence-electron chi connectivity index (χ3n) is 5.05. The third-order valence-corrected chi connectivity index (χ3v) is 5.05. The van der Waals surface area contributed by atoms with Crippen LogP contribution < -0.4 is 5.32 Å². The highest BCUT2D eigenvalue weighted by atomic mass is 16.5. The van der Waals surface area contributed by atoms with E-state index in [4.69, 9.17) is 9.72 Å². The van der Waals surface area contributed by atoms with Gasteiger partial charge in [-0.15, -0.1) is 0 Å². The Kier molecular flexibility index (Phi) is 5.36. The van der Waals surface area contributed by atoms with E-state index in [9.17, 15) is 0 Å². The Bertz CT molecular complexity index is 898. The van der Waals surface area contributed by atoms with Crippen LogP contribution in [-0.4, -0.2) is 59.2 Å². The lowest BCUT2D eigenvalue weighted by Gasteiger charge is -2.26. The van der Waals surface area contributed by atoms with Gasteiger partial charge in [-0.1, -0.05) is 32.0 Å². The van der Waals surface area contributed by atoms with Gasteiger partial charge in [0.15, 0.2) is 5.82 Å². The smallest absolute Gasteiger partial charge is 0.154 e. The van der Waals surface area contributed by atoms with Gasteiger partial charge < -0.3 is 15.0 Å². The second kappa shape index (κ2) is 8.06. The number of nitrogens with one attached hydrogen (secondary N) is 2. The molecule has 0 radical (unpaired) electrons. The highest BCUT2D eigenvalue weighted by Crippen LogP contribution is 2.26. The van der Waals surface area contributed by atoms with E-state index in [1.165, 1.54) is 5.56 Å². The van der Waals surface area contributed by atoms with E-state index in [-0.39, 0.29) is 0 Å². The van der Waals surface area contributed by atoms with Crippen LogP contribution in [0.3, 0.4) is 0 Å². The number of rotatable bonds is 6. The lowest BCUT2D eigenvalue weighted by molar-refractivity contribution is 0.0398. The van der Waals surface area contributed by atoms with Gasteiger partial charge in [0.25, 0.3) is 0 Å². The summed E-state index contributed by atoms with van der Waals surface area (Å²) in [6.45, 7) is 9.89. The van der Waals surface area contributed by atoms with E-state index in [0.29, 0.717) is 5.92 Å². The van der Waals surface area contributed by atoms with Crippen molar-refractivity contribution in [2.24, 2.45) is 0 Å². The number of benzene rings is 1. The van der Waals surface area contributed by atoms with Gasteiger partial charge in [0.1, 0.15) is 11.3 Å². The predicted octanol–water partition coefficient (Wildman–Crippen LogP) is 3.49. The molecule has 3 heterocycles. The minimum atomic E-state index is 0.494. The number of anilines is 1. The fraction of sp³-hybridized carbons (Fsp3) is 0.429. The van der Waals surface area contributed by atoms with Crippen molar-refractivity contribution in [2.45, 2.75) is 19.8 Å². The standard InChI is InChI=1S/C21H27N5O/c1-15(2)16-4-3-5-17(14-16)20-24-18-6-7-22-21(19(18)25-20)23-8-9-26-10-12-27-13-11-26/h3-7,14-15H,8-13H2,1-2H3,(H,22,23)(H,24,25). The Morgan fingerprint density at radius 2 is 2.07 bits per heavy atom. The van der Waals surface area contributed by atoms with Crippen LogP contribution in [-0.2, 0) is 4.74 Å². The molecule has 1 aromatic carbocycles. The molecule has 2 N–H and O–H groups in total. The SMILES string of the molecule is CC(C)c1cccc(-c2nc3c(NCCN4CCOCC4)nccc3[nH]2)c1. The minimum Gasteiger partial charge on any atom is -0.379 e. The Hall–Kier alpha value is -2.44. The largest absolute Gasteiger partial charge is 0.379 e. The Morgan fingerprint density at radius 1 is 1.22 bits per heavy atom. The first kappa shape index (κ1) is 17.9. The van der Waals surface area contributed by atoms with E-state index in [2.05, 4.69) is 58.3 Å². The predicted molar refractivity (Wildman–Crippen MR) is 109 cm³/mol. The number of aromatic nitrogens is 3. The highest BCUT2D eigenvalue weighted by Gasteiger charge is 2.13. The number of nitrogens with zero attached hydrogens (tertiary/aromatic N) is 3. The molecule has 0 aliphatic carbocycles. The summed E-state index contributed by atoms with van der Waals surface area (Å²) in [5.41, 5.74) is 4.32. The maximum Gasteiger partial charge on any atom is 0.154 e. The second-order valence-corrected chi connectivity index (χ2v) is 7.30. The van der Waals surface area contributed by atoms with E-state index in [1.807, 2.05) is 12.3 Å². The van der Waals surface area contributed by atoms with Gasteiger partial charge in [-0.05, 0) is 23.6 Å². The zero-order valence-corrected chi connectivity index (χ0v) is 16.0. The van der Waals surface area contributed by atoms with Crippen molar-refractivity contribution in [3.05, 3.63) is 42.1 Å². The van der Waals surface area contributed by atoms with Crippen LogP contribution >= 0.6 is 0 Å². The molecule has 6 nitrogen and oxygen atoms in total. The molecule has 2 aromatic heterocycles. The molecule has 0 unspecified atom stereocenters. The van der Waals surface area contributed by atoms with Crippen molar-refractivity contribution in [1.82, 2.24) is 19.9 Å². The van der Waals surface area contributed by atoms with Crippen molar-refractivity contribution < 1.29 is 4.74 Å². The molecule has 142 valence electrons. The molecule has 1 fully saturated rings. The topological polar surface area (TPSA) is 66.1 Å². The molecule has 4 rings (SSSR count). The van der Waals surface area contributed by atoms with E-state index in [0.717, 1.165) is 67.6 Å². The summed E-state index contributed by atoms with van der Waals surface area (Å²) in [5, 5.41) is 3.45. The molecule has 0 amide bonds. The van der Waals surface area contributed by atoms with Crippen LogP contribution in [0.2, 0.25) is 0 Å². The molecule has 0 atom stereocenters. The van der Waals surface area contributed by atoms with E-state index in [1.54, 1.807) is 0 Å². The normalized spacial score (nSPS) is 15.5. The van der Waals surface area contributed by atoms with Gasteiger partial charge in [0, 0.05) is 37.9 Å². The summed E-state index contributed by atoms with van der Waals surface area (Å²) >= 11 is 0. The number of fused-ring (bicyclic) bond motifs is 1. The molecule has 1 aliphatic heterocycles. The van der Waals surface area contributed by atoms with Gasteiger partial charge in [-0.3, -0.25) is 4.90 Å². The van der Waals surface area contributed by atoms with Crippen molar-refractivity contribution in [3.63, 3.8) is 0 Å². The molecule has 3 aromatic rings. The fourth-order valence-electron chi connectivity index (χ4n) is 3.40. The van der Waals surface area contributed by atoms with Gasteiger partial charge >= 0.3 is 0 Å². The number of hydrogen-bond donors (Lipinski definition) is 2. The second-order valence-electron chi connectivity index (χ2n) is 7.30. The van der Waals surface area contributed by atoms with Crippen LogP contribution in [0.5, 0.6) is 0 Å². The Labute approximate surface area is 160 Å². The molecule has 27 heavy (non-hydrogen) atoms. The van der Waals surface area contributed by atoms with Crippen LogP contribution in [0.15, 0.2) is 36.5 Å². The van der Waals surface area contributed by atoms with Gasteiger partial charge in [-0.2, -0.15) is 0 Å². The number of pyridine rings is 1. The summed E-state index contributed by atoms with van der Waals surface area (Å²) in [7, 11) is 0. The van der Waals surface area contributed by atoms with Crippen molar-refractivity contribution >= 4 is 16.9 Å². The molecule has 0 saturated carbocycles. The Balaban J connectivity index is 1.52. The average molecular weight is 365 g/mol. The lowest BCUT2D eigenvalue weighted by Crippen LogP contribution is -2.39. The molecular weight excluding hydrogens is 338 g/mol. The summed E-state index contributed by atoms with van der Waals surface area (Å²) in [5.74, 6) is 2.22. The maximum absolute atomic E-state index is 5.40. The van der Waals surface area contributed by atoms with E-state index >= 15 is 0 Å². The molecule has 1 saturated heterocycles. The van der Waals surface area contributed by atoms with Gasteiger partial charge in [0.2, 0.25) is 0 Å². The average Bonchev–Trinajstić information content (AvgIpc) is 3.14. The molecule has 0 spiro atoms. The molecule has 0 bridgehead atoms. The quantitative estimate of drug-likeness (QED) is 0.700. The molecular formula is C21H27N5O. The number of imidazole rings is 1. The maximum atomic E-state index is 5.40. The molecule has 6 heteroatoms. The van der Waals surface area contributed by atoms with Crippen LogP contribution in [0.25, 0.3) is 22.4 Å². The van der Waals surface area contributed by atoms with Gasteiger partial charge in [0.05, 0.1) is 18.7 Å². The van der Waals surface area contributed by atoms with Crippen molar-refractivity contribution in [2.75, 3.05) is 44.7 Å². The first-order chi connectivity index (χ1) is 13.2. The van der Waals surface area contributed by atoms with Crippen LogP contribution in [0, 0.1) is 0 Å². The number of aromatic amines is 1. The van der Waals surface area contributed by atoms with Crippen molar-refractivity contribution in [1.29, 1.82) is 0 Å². The third kappa shape index (κ3) is 4.12. The number of hydrogen-bond acceptors (Lipinski definition) is 5. The minimum absolute atomic E-state index is 0.494. The van der Waals surface area contributed by atoms with Gasteiger partial charge in [-0.25, -0.2) is 9.97 Å². The summed E-state index contributed by atoms with van der Waals surface area (Å²) in [6, 6.07) is 10.5. The lowest BCUT2D eigenvalue weighted by atomic mass is 10.0. The Morgan fingerprint density at radius 3 is 2.89 bits per heavy atom. The first-order valence-electron chi connectivity index (χ1n) is 9.70. The number of H-pyrrole nitrogens is 1. The zero-order chi connectivity index (χ0) is 18.6. The molecule has 1 aliphatic rings. The monoisotopic (exact) mass is 365 g/mol. The van der Waals surface area contributed by atoms with Crippen LogP contribution in [0.4, 0.5) is 5.82 Å². The first-order valence-corrected chi connectivity index (χ1v) is 9.70. The van der Waals surface area contributed by atoms with Crippen LogP contribution in [0.1, 0.15) is 25.3 Å². The van der Waals surface area contributed by atoms with Crippen molar-refractivity contribution in [3.8, 4) is 11.4 Å². The highest BCUT2D eigenvalue weighted by molar-refractivity contribution is 5.88. The summed E-state index contributed by atoms with van der Waals surface area (Å²) in [4.78, 5) is 15.2. The summed E-state index contributed by atoms with van der Waals surface area (Å²) in [6.07, 6.45) is 1.83. The number of morpholine rings is 1.